The van der Waals surface area contributed by atoms with Gasteiger partial charge in [-0.2, -0.15) is 0 Å². The molecule has 128 valence electrons. The van der Waals surface area contributed by atoms with Gasteiger partial charge in [0.25, 0.3) is 0 Å². The Morgan fingerprint density at radius 3 is 2.35 bits per heavy atom. The van der Waals surface area contributed by atoms with Gasteiger partial charge < -0.3 is 10.2 Å². The van der Waals surface area contributed by atoms with E-state index in [9.17, 15) is 0 Å². The Balaban J connectivity index is 1.37. The lowest BCUT2D eigenvalue weighted by Crippen LogP contribution is -2.40. The number of likely N-dealkylation sites (tertiary alicyclic amines) is 1. The van der Waals surface area contributed by atoms with Crippen LogP contribution in [0.1, 0.15) is 51.0 Å². The molecule has 0 radical (unpaired) electrons. The fourth-order valence-corrected chi connectivity index (χ4v) is 4.40. The molecule has 2 aliphatic rings. The molecule has 3 nitrogen and oxygen atoms in total. The van der Waals surface area contributed by atoms with Gasteiger partial charge in [0.05, 0.1) is 0 Å². The molecular weight excluding hydrogens is 302 g/mol. The fourth-order valence-electron chi connectivity index (χ4n) is 3.59. The van der Waals surface area contributed by atoms with Crippen LogP contribution in [0.15, 0.2) is 29.2 Å². The summed E-state index contributed by atoms with van der Waals surface area (Å²) < 4.78 is 3.65. The van der Waals surface area contributed by atoms with E-state index in [4.69, 9.17) is 0 Å². The molecule has 3 rings (SSSR count). The minimum Gasteiger partial charge on any atom is -0.310 e. The highest BCUT2D eigenvalue weighted by molar-refractivity contribution is 7.97. The van der Waals surface area contributed by atoms with Crippen LogP contribution in [0.2, 0.25) is 0 Å². The molecule has 1 aromatic rings. The predicted molar refractivity (Wildman–Crippen MR) is 99.7 cm³/mol. The van der Waals surface area contributed by atoms with Gasteiger partial charge in [-0.3, -0.25) is 4.72 Å². The van der Waals surface area contributed by atoms with E-state index in [1.807, 2.05) is 0 Å². The van der Waals surface area contributed by atoms with Crippen LogP contribution in [0, 0.1) is 0 Å². The largest absolute Gasteiger partial charge is 0.310 e. The predicted octanol–water partition coefficient (Wildman–Crippen LogP) is 3.80. The third-order valence-corrected chi connectivity index (χ3v) is 6.21. The van der Waals surface area contributed by atoms with E-state index < -0.39 is 0 Å². The van der Waals surface area contributed by atoms with Gasteiger partial charge in [0, 0.05) is 23.5 Å². The number of rotatable bonds is 7. The van der Waals surface area contributed by atoms with Gasteiger partial charge in [-0.15, -0.1) is 0 Å². The van der Waals surface area contributed by atoms with E-state index in [1.54, 1.807) is 11.9 Å². The number of benzene rings is 1. The van der Waals surface area contributed by atoms with E-state index in [-0.39, 0.29) is 0 Å². The first-order valence-electron chi connectivity index (χ1n) is 9.30. The van der Waals surface area contributed by atoms with Crippen LogP contribution in [0.5, 0.6) is 0 Å². The van der Waals surface area contributed by atoms with Crippen molar-refractivity contribution in [3.63, 3.8) is 0 Å². The van der Waals surface area contributed by atoms with Crippen LogP contribution in [-0.2, 0) is 6.54 Å². The van der Waals surface area contributed by atoms with Gasteiger partial charge in [0.1, 0.15) is 0 Å². The van der Waals surface area contributed by atoms with Gasteiger partial charge >= 0.3 is 0 Å². The number of nitrogens with zero attached hydrogens (tertiary/aromatic N) is 1. The Labute approximate surface area is 145 Å². The van der Waals surface area contributed by atoms with Gasteiger partial charge in [-0.25, -0.2) is 0 Å². The average Bonchev–Trinajstić information content (AvgIpc) is 3.13. The SMILES string of the molecule is CCN1CCC(NSc2ccc(CNC3CCCC3)cc2)CC1. The van der Waals surface area contributed by atoms with Gasteiger partial charge in [0.2, 0.25) is 0 Å². The lowest BCUT2D eigenvalue weighted by molar-refractivity contribution is 0.218. The molecule has 4 heteroatoms. The molecule has 1 heterocycles. The van der Waals surface area contributed by atoms with Crippen molar-refractivity contribution in [2.45, 2.75) is 69.0 Å². The summed E-state index contributed by atoms with van der Waals surface area (Å²) in [4.78, 5) is 3.86. The summed E-state index contributed by atoms with van der Waals surface area (Å²) in [5, 5.41) is 3.68. The summed E-state index contributed by atoms with van der Waals surface area (Å²) in [6.45, 7) is 6.93. The van der Waals surface area contributed by atoms with Crippen LogP contribution in [0.25, 0.3) is 0 Å². The second-order valence-corrected chi connectivity index (χ2v) is 7.85. The second-order valence-electron chi connectivity index (χ2n) is 6.93. The second kappa shape index (κ2) is 9.07. The third-order valence-electron chi connectivity index (χ3n) is 5.25. The van der Waals surface area contributed by atoms with E-state index in [2.05, 4.69) is 46.1 Å². The van der Waals surface area contributed by atoms with Crippen LogP contribution in [-0.4, -0.2) is 36.6 Å². The maximum absolute atomic E-state index is 3.68. The first-order chi connectivity index (χ1) is 11.3. The maximum Gasteiger partial charge on any atom is 0.0228 e. The summed E-state index contributed by atoms with van der Waals surface area (Å²) >= 11 is 1.80. The van der Waals surface area contributed by atoms with Crippen molar-refractivity contribution < 1.29 is 0 Å². The molecule has 0 atom stereocenters. The van der Waals surface area contributed by atoms with Crippen LogP contribution >= 0.6 is 11.9 Å². The minimum atomic E-state index is 0.659. The van der Waals surface area contributed by atoms with Crippen LogP contribution < -0.4 is 10.0 Å². The van der Waals surface area contributed by atoms with E-state index in [0.717, 1.165) is 12.6 Å². The molecule has 1 aliphatic carbocycles. The summed E-state index contributed by atoms with van der Waals surface area (Å²) in [7, 11) is 0. The normalized spacial score (nSPS) is 21.1. The first kappa shape index (κ1) is 17.3. The smallest absolute Gasteiger partial charge is 0.0228 e. The maximum atomic E-state index is 3.68. The van der Waals surface area contributed by atoms with Crippen LogP contribution in [0.3, 0.4) is 0 Å². The third kappa shape index (κ3) is 5.49. The zero-order valence-corrected chi connectivity index (χ0v) is 15.2. The highest BCUT2D eigenvalue weighted by atomic mass is 32.2. The minimum absolute atomic E-state index is 0.659. The standard InChI is InChI=1S/C19H31N3S/c1-2-22-13-11-18(12-14-22)21-23-19-9-7-16(8-10-19)15-20-17-5-3-4-6-17/h7-10,17-18,20-21H,2-6,11-15H2,1H3. The Morgan fingerprint density at radius 2 is 1.70 bits per heavy atom. The molecule has 23 heavy (non-hydrogen) atoms. The van der Waals surface area contributed by atoms with Crippen molar-refractivity contribution in [3.8, 4) is 0 Å². The molecular formula is C19H31N3S. The molecule has 2 fully saturated rings. The molecule has 1 aromatic carbocycles. The topological polar surface area (TPSA) is 27.3 Å². The zero-order chi connectivity index (χ0) is 15.9. The monoisotopic (exact) mass is 333 g/mol. The van der Waals surface area contributed by atoms with Gasteiger partial charge in [0.15, 0.2) is 0 Å². The van der Waals surface area contributed by atoms with Crippen molar-refractivity contribution in [2.75, 3.05) is 19.6 Å². The Bertz CT molecular complexity index is 448. The average molecular weight is 334 g/mol. The summed E-state index contributed by atoms with van der Waals surface area (Å²) in [5.41, 5.74) is 1.40. The Morgan fingerprint density at radius 1 is 1.00 bits per heavy atom. The molecule has 0 spiro atoms. The molecule has 0 unspecified atom stereocenters. The number of nitrogens with one attached hydrogen (secondary N) is 2. The van der Waals surface area contributed by atoms with Gasteiger partial charge in [-0.1, -0.05) is 31.9 Å². The Hall–Kier alpha value is -0.550. The number of piperidine rings is 1. The van der Waals surface area contributed by atoms with Crippen molar-refractivity contribution in [1.29, 1.82) is 0 Å². The first-order valence-corrected chi connectivity index (χ1v) is 10.1. The van der Waals surface area contributed by atoms with Gasteiger partial charge in [-0.05, 0) is 75.0 Å². The zero-order valence-electron chi connectivity index (χ0n) is 14.4. The molecule has 1 saturated carbocycles. The highest BCUT2D eigenvalue weighted by Gasteiger charge is 2.17. The van der Waals surface area contributed by atoms with Crippen molar-refractivity contribution in [1.82, 2.24) is 14.9 Å². The Kier molecular flexibility index (Phi) is 6.81. The van der Waals surface area contributed by atoms with Crippen molar-refractivity contribution in [3.05, 3.63) is 29.8 Å². The quantitative estimate of drug-likeness (QED) is 0.742. The number of hydrogen-bond acceptors (Lipinski definition) is 4. The summed E-state index contributed by atoms with van der Waals surface area (Å²) in [6.07, 6.45) is 8.05. The van der Waals surface area contributed by atoms with E-state index in [0.29, 0.717) is 6.04 Å². The van der Waals surface area contributed by atoms with E-state index >= 15 is 0 Å². The van der Waals surface area contributed by atoms with E-state index in [1.165, 1.54) is 68.6 Å². The fraction of sp³-hybridized carbons (Fsp3) is 0.684. The highest BCUT2D eigenvalue weighted by Crippen LogP contribution is 2.21. The summed E-state index contributed by atoms with van der Waals surface area (Å²) in [5.74, 6) is 0. The molecule has 0 bridgehead atoms. The molecule has 1 aliphatic heterocycles. The number of hydrogen-bond donors (Lipinski definition) is 2. The lowest BCUT2D eigenvalue weighted by Gasteiger charge is -2.31. The molecule has 1 saturated heterocycles. The summed E-state index contributed by atoms with van der Waals surface area (Å²) in [6, 6.07) is 10.5. The van der Waals surface area contributed by atoms with Crippen LogP contribution in [0.4, 0.5) is 0 Å². The van der Waals surface area contributed by atoms with Crippen molar-refractivity contribution >= 4 is 11.9 Å². The molecule has 0 amide bonds. The van der Waals surface area contributed by atoms with Crippen molar-refractivity contribution in [2.24, 2.45) is 0 Å². The molecule has 0 aromatic heterocycles. The lowest BCUT2D eigenvalue weighted by atomic mass is 10.1. The molecule has 2 N–H and O–H groups in total.